The van der Waals surface area contributed by atoms with Crippen molar-refractivity contribution in [3.8, 4) is 0 Å². The number of guanidine groups is 1. The van der Waals surface area contributed by atoms with Gasteiger partial charge < -0.3 is 25.6 Å². The SMILES string of the molecule is CN=C(NCC(NC(=O)OC(C)(C)C)C(C)C)NC1CCN(C(=O)C2CCCC2)C1. The molecule has 0 spiro atoms. The van der Waals surface area contributed by atoms with E-state index in [0.717, 1.165) is 32.4 Å². The van der Waals surface area contributed by atoms with Crippen LogP contribution in [0.15, 0.2) is 4.99 Å². The molecule has 8 heteroatoms. The van der Waals surface area contributed by atoms with E-state index in [1.54, 1.807) is 7.05 Å². The maximum Gasteiger partial charge on any atom is 0.407 e. The molecule has 172 valence electrons. The first kappa shape index (κ1) is 24.3. The number of nitrogens with zero attached hydrogens (tertiary/aromatic N) is 2. The van der Waals surface area contributed by atoms with Crippen molar-refractivity contribution in [2.75, 3.05) is 26.7 Å². The third-order valence-electron chi connectivity index (χ3n) is 5.77. The Hall–Kier alpha value is -1.99. The standard InChI is InChI=1S/C22H41N5O3/c1-15(2)18(26-21(29)30-22(3,4)5)13-24-20(23-6)25-17-11-12-27(14-17)19(28)16-9-7-8-10-16/h15-18H,7-14H2,1-6H3,(H,26,29)(H2,23,24,25). The van der Waals surface area contributed by atoms with Gasteiger partial charge in [-0.05, 0) is 46.0 Å². The quantitative estimate of drug-likeness (QED) is 0.451. The number of carbonyl (C=O) groups excluding carboxylic acids is 2. The molecular formula is C22H41N5O3. The van der Waals surface area contributed by atoms with E-state index in [-0.39, 0.29) is 23.9 Å². The number of hydrogen-bond donors (Lipinski definition) is 3. The molecule has 3 N–H and O–H groups in total. The largest absolute Gasteiger partial charge is 0.444 e. The van der Waals surface area contributed by atoms with E-state index in [0.29, 0.717) is 18.4 Å². The predicted molar refractivity (Wildman–Crippen MR) is 119 cm³/mol. The van der Waals surface area contributed by atoms with Crippen LogP contribution in [0, 0.1) is 11.8 Å². The highest BCUT2D eigenvalue weighted by Crippen LogP contribution is 2.27. The van der Waals surface area contributed by atoms with Crippen molar-refractivity contribution in [3.63, 3.8) is 0 Å². The Balaban J connectivity index is 1.80. The second kappa shape index (κ2) is 10.9. The zero-order chi connectivity index (χ0) is 22.3. The lowest BCUT2D eigenvalue weighted by atomic mass is 10.0. The lowest BCUT2D eigenvalue weighted by Gasteiger charge is -2.27. The molecule has 30 heavy (non-hydrogen) atoms. The van der Waals surface area contributed by atoms with Crippen LogP contribution in [0.25, 0.3) is 0 Å². The fourth-order valence-corrected chi connectivity index (χ4v) is 4.02. The molecule has 2 aliphatic rings. The van der Waals surface area contributed by atoms with Gasteiger partial charge in [-0.15, -0.1) is 0 Å². The van der Waals surface area contributed by atoms with Crippen LogP contribution in [-0.4, -0.2) is 67.2 Å². The fourth-order valence-electron chi connectivity index (χ4n) is 4.02. The Kier molecular flexibility index (Phi) is 8.79. The average molecular weight is 424 g/mol. The van der Waals surface area contributed by atoms with Crippen molar-refractivity contribution in [2.24, 2.45) is 16.8 Å². The van der Waals surface area contributed by atoms with Gasteiger partial charge in [0.2, 0.25) is 5.91 Å². The third kappa shape index (κ3) is 7.69. The molecule has 0 aromatic carbocycles. The highest BCUT2D eigenvalue weighted by atomic mass is 16.6. The molecule has 1 aliphatic heterocycles. The van der Waals surface area contributed by atoms with E-state index in [1.807, 2.05) is 25.7 Å². The molecule has 2 rings (SSSR count). The van der Waals surface area contributed by atoms with Crippen LogP contribution in [0.3, 0.4) is 0 Å². The van der Waals surface area contributed by atoms with Gasteiger partial charge in [0.05, 0.1) is 6.04 Å². The fraction of sp³-hybridized carbons (Fsp3) is 0.864. The third-order valence-corrected chi connectivity index (χ3v) is 5.77. The number of aliphatic imine (C=N–C) groups is 1. The molecule has 2 amide bonds. The Labute approximate surface area is 181 Å². The minimum absolute atomic E-state index is 0.0950. The Bertz CT molecular complexity index is 608. The van der Waals surface area contributed by atoms with E-state index in [4.69, 9.17) is 4.74 Å². The second-order valence-electron chi connectivity index (χ2n) is 9.85. The molecule has 2 fully saturated rings. The maximum absolute atomic E-state index is 12.6. The van der Waals surface area contributed by atoms with Gasteiger partial charge in [-0.2, -0.15) is 0 Å². The zero-order valence-electron chi connectivity index (χ0n) is 19.6. The van der Waals surface area contributed by atoms with Crippen LogP contribution in [0.1, 0.15) is 66.7 Å². The number of amides is 2. The van der Waals surface area contributed by atoms with Gasteiger partial charge in [-0.1, -0.05) is 26.7 Å². The topological polar surface area (TPSA) is 95.1 Å². The van der Waals surface area contributed by atoms with Gasteiger partial charge in [-0.3, -0.25) is 9.79 Å². The summed E-state index contributed by atoms with van der Waals surface area (Å²) in [4.78, 5) is 31.1. The van der Waals surface area contributed by atoms with E-state index < -0.39 is 11.7 Å². The molecule has 1 saturated heterocycles. The van der Waals surface area contributed by atoms with Crippen LogP contribution in [0.2, 0.25) is 0 Å². The van der Waals surface area contributed by atoms with Gasteiger partial charge in [0, 0.05) is 38.6 Å². The minimum Gasteiger partial charge on any atom is -0.444 e. The number of rotatable bonds is 6. The summed E-state index contributed by atoms with van der Waals surface area (Å²) in [6.07, 6.45) is 4.94. The molecule has 1 aliphatic carbocycles. The average Bonchev–Trinajstić information content (AvgIpc) is 3.33. The molecule has 0 bridgehead atoms. The van der Waals surface area contributed by atoms with E-state index in [2.05, 4.69) is 34.8 Å². The number of ether oxygens (including phenoxy) is 1. The number of alkyl carbamates (subject to hydrolysis) is 1. The van der Waals surface area contributed by atoms with Crippen LogP contribution in [0.4, 0.5) is 4.79 Å². The summed E-state index contributed by atoms with van der Waals surface area (Å²) in [6.45, 7) is 11.7. The second-order valence-corrected chi connectivity index (χ2v) is 9.85. The van der Waals surface area contributed by atoms with Gasteiger partial charge >= 0.3 is 6.09 Å². The van der Waals surface area contributed by atoms with Crippen LogP contribution >= 0.6 is 0 Å². The van der Waals surface area contributed by atoms with E-state index in [1.165, 1.54) is 12.8 Å². The van der Waals surface area contributed by atoms with Crippen molar-refractivity contribution < 1.29 is 14.3 Å². The van der Waals surface area contributed by atoms with Gasteiger partial charge in [-0.25, -0.2) is 4.79 Å². The first-order valence-corrected chi connectivity index (χ1v) is 11.3. The Morgan fingerprint density at radius 2 is 1.83 bits per heavy atom. The summed E-state index contributed by atoms with van der Waals surface area (Å²) in [5, 5.41) is 9.68. The number of nitrogens with one attached hydrogen (secondary N) is 3. The lowest BCUT2D eigenvalue weighted by molar-refractivity contribution is -0.134. The normalized spacial score (nSPS) is 21.6. The maximum atomic E-state index is 12.6. The number of hydrogen-bond acceptors (Lipinski definition) is 4. The molecule has 2 unspecified atom stereocenters. The van der Waals surface area contributed by atoms with Crippen molar-refractivity contribution >= 4 is 18.0 Å². The summed E-state index contributed by atoms with van der Waals surface area (Å²) < 4.78 is 5.37. The smallest absolute Gasteiger partial charge is 0.407 e. The van der Waals surface area contributed by atoms with Crippen LogP contribution in [-0.2, 0) is 9.53 Å². The van der Waals surface area contributed by atoms with Crippen LogP contribution in [0.5, 0.6) is 0 Å². The van der Waals surface area contributed by atoms with E-state index >= 15 is 0 Å². The summed E-state index contributed by atoms with van der Waals surface area (Å²) in [7, 11) is 1.73. The predicted octanol–water partition coefficient (Wildman–Crippen LogP) is 2.49. The highest BCUT2D eigenvalue weighted by molar-refractivity contribution is 5.81. The summed E-state index contributed by atoms with van der Waals surface area (Å²) >= 11 is 0. The molecule has 2 atom stereocenters. The minimum atomic E-state index is -0.527. The first-order valence-electron chi connectivity index (χ1n) is 11.3. The molecular weight excluding hydrogens is 382 g/mol. The monoisotopic (exact) mass is 423 g/mol. The van der Waals surface area contributed by atoms with Crippen molar-refractivity contribution in [3.05, 3.63) is 0 Å². The van der Waals surface area contributed by atoms with Crippen molar-refractivity contribution in [1.29, 1.82) is 0 Å². The molecule has 8 nitrogen and oxygen atoms in total. The van der Waals surface area contributed by atoms with Crippen molar-refractivity contribution in [1.82, 2.24) is 20.9 Å². The summed E-state index contributed by atoms with van der Waals surface area (Å²) in [5.74, 6) is 1.47. The summed E-state index contributed by atoms with van der Waals surface area (Å²) in [5.41, 5.74) is -0.527. The molecule has 1 heterocycles. The van der Waals surface area contributed by atoms with E-state index in [9.17, 15) is 9.59 Å². The zero-order valence-corrected chi connectivity index (χ0v) is 19.6. The van der Waals surface area contributed by atoms with Crippen LogP contribution < -0.4 is 16.0 Å². The summed E-state index contributed by atoms with van der Waals surface area (Å²) in [6, 6.07) is 0.0975. The highest BCUT2D eigenvalue weighted by Gasteiger charge is 2.32. The van der Waals surface area contributed by atoms with Crippen molar-refractivity contribution in [2.45, 2.75) is 84.4 Å². The van der Waals surface area contributed by atoms with Gasteiger partial charge in [0.1, 0.15) is 5.60 Å². The Morgan fingerprint density at radius 1 is 1.17 bits per heavy atom. The number of likely N-dealkylation sites (tertiary alicyclic amines) is 1. The lowest BCUT2D eigenvalue weighted by Crippen LogP contribution is -2.52. The molecule has 0 aromatic heterocycles. The molecule has 1 saturated carbocycles. The first-order chi connectivity index (χ1) is 14.1. The molecule has 0 radical (unpaired) electrons. The Morgan fingerprint density at radius 3 is 2.40 bits per heavy atom. The van der Waals surface area contributed by atoms with Gasteiger partial charge in [0.15, 0.2) is 5.96 Å². The molecule has 0 aromatic rings. The van der Waals surface area contributed by atoms with Gasteiger partial charge in [0.25, 0.3) is 0 Å². The number of carbonyl (C=O) groups is 2.